The monoisotopic (exact) mass is 324 g/mol. The van der Waals surface area contributed by atoms with E-state index in [1.165, 1.54) is 24.5 Å². The fourth-order valence-electron chi connectivity index (χ4n) is 2.52. The maximum absolute atomic E-state index is 13.0. The highest BCUT2D eigenvalue weighted by atomic mass is 19.1. The number of rotatable bonds is 5. The minimum absolute atomic E-state index is 0.0286. The summed E-state index contributed by atoms with van der Waals surface area (Å²) in [4.78, 5) is 16.2. The van der Waals surface area contributed by atoms with Crippen LogP contribution in [0.3, 0.4) is 0 Å². The smallest absolute Gasteiger partial charge is 0.236 e. The molecule has 0 spiro atoms. The maximum atomic E-state index is 13.0. The predicted molar refractivity (Wildman–Crippen MR) is 90.2 cm³/mol. The fourth-order valence-corrected chi connectivity index (χ4v) is 2.52. The van der Waals surface area contributed by atoms with Crippen LogP contribution in [0.15, 0.2) is 61.1 Å². The molecule has 6 heteroatoms. The van der Waals surface area contributed by atoms with E-state index in [0.717, 1.165) is 24.6 Å². The van der Waals surface area contributed by atoms with Crippen molar-refractivity contribution >= 4 is 17.4 Å². The number of hydrogen-bond acceptors (Lipinski definition) is 4. The van der Waals surface area contributed by atoms with Gasteiger partial charge in [-0.3, -0.25) is 15.2 Å². The van der Waals surface area contributed by atoms with E-state index >= 15 is 0 Å². The molecular weight excluding hydrogens is 307 g/mol. The summed E-state index contributed by atoms with van der Waals surface area (Å²) in [5.41, 5.74) is 0.929. The molecule has 0 saturated heterocycles. The van der Waals surface area contributed by atoms with E-state index in [4.69, 9.17) is 5.41 Å². The summed E-state index contributed by atoms with van der Waals surface area (Å²) in [5, 5.41) is 13.3. The SMILES string of the molecule is N=C(/C=C\Nc1cncc(F)c1)NC(=O)C1(c2ccccc2)CC1. The second kappa shape index (κ2) is 6.62. The Balaban J connectivity index is 1.57. The Morgan fingerprint density at radius 2 is 2.00 bits per heavy atom. The number of carbonyl (C=O) groups excluding carboxylic acids is 1. The van der Waals surface area contributed by atoms with Crippen molar-refractivity contribution in [3.63, 3.8) is 0 Å². The molecular formula is C18H17FN4O. The summed E-state index contributed by atoms with van der Waals surface area (Å²) in [7, 11) is 0. The van der Waals surface area contributed by atoms with E-state index in [9.17, 15) is 9.18 Å². The highest BCUT2D eigenvalue weighted by Crippen LogP contribution is 2.48. The quantitative estimate of drug-likeness (QED) is 0.584. The van der Waals surface area contributed by atoms with Gasteiger partial charge in [-0.1, -0.05) is 30.3 Å². The minimum atomic E-state index is -0.513. The number of pyridine rings is 1. The van der Waals surface area contributed by atoms with Gasteiger partial charge in [-0.05, 0) is 24.5 Å². The first-order chi connectivity index (χ1) is 11.6. The molecule has 2 aromatic rings. The summed E-state index contributed by atoms with van der Waals surface area (Å²) < 4.78 is 13.0. The molecule has 24 heavy (non-hydrogen) atoms. The number of carbonyl (C=O) groups is 1. The van der Waals surface area contributed by atoms with Gasteiger partial charge in [0.25, 0.3) is 0 Å². The van der Waals surface area contributed by atoms with Crippen molar-refractivity contribution in [1.29, 1.82) is 5.41 Å². The number of benzene rings is 1. The molecule has 0 atom stereocenters. The number of nitrogens with one attached hydrogen (secondary N) is 3. The van der Waals surface area contributed by atoms with Gasteiger partial charge in [0, 0.05) is 12.3 Å². The average Bonchev–Trinajstić information content (AvgIpc) is 3.38. The zero-order valence-corrected chi connectivity index (χ0v) is 12.9. The molecule has 3 rings (SSSR count). The second-order valence-electron chi connectivity index (χ2n) is 5.69. The molecule has 1 aromatic carbocycles. The summed E-state index contributed by atoms with van der Waals surface area (Å²) in [5.74, 6) is -0.648. The third kappa shape index (κ3) is 3.48. The third-order valence-corrected chi connectivity index (χ3v) is 3.96. The molecule has 122 valence electrons. The molecule has 1 aliphatic carbocycles. The highest BCUT2D eigenvalue weighted by Gasteiger charge is 2.51. The van der Waals surface area contributed by atoms with Crippen LogP contribution in [0.4, 0.5) is 10.1 Å². The predicted octanol–water partition coefficient (Wildman–Crippen LogP) is 2.97. The Hall–Kier alpha value is -3.02. The van der Waals surface area contributed by atoms with Gasteiger partial charge < -0.3 is 10.6 Å². The summed E-state index contributed by atoms with van der Waals surface area (Å²) in [6, 6.07) is 10.9. The van der Waals surface area contributed by atoms with Crippen molar-refractivity contribution in [2.45, 2.75) is 18.3 Å². The van der Waals surface area contributed by atoms with Crippen LogP contribution >= 0.6 is 0 Å². The van der Waals surface area contributed by atoms with Crippen LogP contribution in [0.25, 0.3) is 0 Å². The van der Waals surface area contributed by atoms with Gasteiger partial charge in [-0.15, -0.1) is 0 Å². The van der Waals surface area contributed by atoms with Crippen LogP contribution in [-0.4, -0.2) is 16.7 Å². The first-order valence-electron chi connectivity index (χ1n) is 7.59. The summed E-state index contributed by atoms with van der Waals surface area (Å²) in [6.07, 6.45) is 7.01. The van der Waals surface area contributed by atoms with E-state index in [0.29, 0.717) is 5.69 Å². The standard InChI is InChI=1S/C18H17FN4O/c19-14-10-15(12-21-11-14)22-9-6-16(20)23-17(24)18(7-8-18)13-4-2-1-3-5-13/h1-6,9-12,22H,7-8H2,(H2,20,23,24)/b9-6-. The average molecular weight is 324 g/mol. The molecule has 3 N–H and O–H groups in total. The van der Waals surface area contributed by atoms with Crippen molar-refractivity contribution in [3.05, 3.63) is 72.4 Å². The third-order valence-electron chi connectivity index (χ3n) is 3.96. The van der Waals surface area contributed by atoms with Crippen molar-refractivity contribution < 1.29 is 9.18 Å². The maximum Gasteiger partial charge on any atom is 0.236 e. The van der Waals surface area contributed by atoms with Gasteiger partial charge in [0.05, 0.1) is 23.5 Å². The highest BCUT2D eigenvalue weighted by molar-refractivity contribution is 6.07. The topological polar surface area (TPSA) is 77.9 Å². The number of aromatic nitrogens is 1. The second-order valence-corrected chi connectivity index (χ2v) is 5.69. The molecule has 1 fully saturated rings. The first kappa shape index (κ1) is 15.9. The number of amidine groups is 1. The Kier molecular flexibility index (Phi) is 4.37. The Morgan fingerprint density at radius 3 is 2.67 bits per heavy atom. The van der Waals surface area contributed by atoms with Crippen molar-refractivity contribution in [1.82, 2.24) is 10.3 Å². The number of halogens is 1. The molecule has 1 aromatic heterocycles. The van der Waals surface area contributed by atoms with Crippen LogP contribution < -0.4 is 10.6 Å². The lowest BCUT2D eigenvalue weighted by Crippen LogP contribution is -2.37. The molecule has 1 heterocycles. The zero-order valence-electron chi connectivity index (χ0n) is 12.9. The Morgan fingerprint density at radius 1 is 1.25 bits per heavy atom. The van der Waals surface area contributed by atoms with Crippen molar-refractivity contribution in [3.8, 4) is 0 Å². The van der Waals surface area contributed by atoms with Crippen molar-refractivity contribution in [2.75, 3.05) is 5.32 Å². The van der Waals surface area contributed by atoms with E-state index < -0.39 is 11.2 Å². The van der Waals surface area contributed by atoms with Crippen LogP contribution in [-0.2, 0) is 10.2 Å². The van der Waals surface area contributed by atoms with E-state index in [1.54, 1.807) is 0 Å². The largest absolute Gasteiger partial charge is 0.360 e. The number of nitrogens with zero attached hydrogens (tertiary/aromatic N) is 1. The lowest BCUT2D eigenvalue weighted by Gasteiger charge is -2.15. The van der Waals surface area contributed by atoms with E-state index in [-0.39, 0.29) is 11.7 Å². The van der Waals surface area contributed by atoms with Gasteiger partial charge in [0.1, 0.15) is 11.7 Å². The fraction of sp³-hybridized carbons (Fsp3) is 0.167. The molecule has 1 amide bonds. The molecule has 0 radical (unpaired) electrons. The normalized spacial score (nSPS) is 15.0. The minimum Gasteiger partial charge on any atom is -0.360 e. The van der Waals surface area contributed by atoms with E-state index in [1.807, 2.05) is 30.3 Å². The molecule has 0 bridgehead atoms. The van der Waals surface area contributed by atoms with Crippen LogP contribution in [0.1, 0.15) is 18.4 Å². The van der Waals surface area contributed by atoms with Crippen molar-refractivity contribution in [2.24, 2.45) is 0 Å². The van der Waals surface area contributed by atoms with Gasteiger partial charge in [0.15, 0.2) is 0 Å². The number of amides is 1. The lowest BCUT2D eigenvalue weighted by molar-refractivity contribution is -0.122. The summed E-state index contributed by atoms with van der Waals surface area (Å²) in [6.45, 7) is 0. The summed E-state index contributed by atoms with van der Waals surface area (Å²) >= 11 is 0. The van der Waals surface area contributed by atoms with E-state index in [2.05, 4.69) is 15.6 Å². The number of anilines is 1. The van der Waals surface area contributed by atoms with Gasteiger partial charge in [-0.2, -0.15) is 0 Å². The number of hydrogen-bond donors (Lipinski definition) is 3. The molecule has 5 nitrogen and oxygen atoms in total. The lowest BCUT2D eigenvalue weighted by atomic mass is 9.95. The van der Waals surface area contributed by atoms with Crippen LogP contribution in [0.5, 0.6) is 0 Å². The first-order valence-corrected chi connectivity index (χ1v) is 7.59. The molecule has 1 aliphatic rings. The molecule has 0 unspecified atom stereocenters. The van der Waals surface area contributed by atoms with Gasteiger partial charge in [0.2, 0.25) is 5.91 Å². The van der Waals surface area contributed by atoms with Gasteiger partial charge >= 0.3 is 0 Å². The Labute approximate surface area is 139 Å². The molecule has 0 aliphatic heterocycles. The molecule has 1 saturated carbocycles. The zero-order chi connectivity index (χ0) is 17.0. The van der Waals surface area contributed by atoms with Crippen LogP contribution in [0.2, 0.25) is 0 Å². The van der Waals surface area contributed by atoms with Gasteiger partial charge in [-0.25, -0.2) is 4.39 Å². The van der Waals surface area contributed by atoms with Crippen LogP contribution in [0, 0.1) is 11.2 Å². The Bertz CT molecular complexity index is 785.